The fraction of sp³-hybridized carbons (Fsp3) is 0.241. The Morgan fingerprint density at radius 1 is 0.882 bits per heavy atom. The zero-order chi connectivity index (χ0) is 23.3. The van der Waals surface area contributed by atoms with E-state index in [1.807, 2.05) is 83.8 Å². The van der Waals surface area contributed by atoms with Gasteiger partial charge < -0.3 is 14.2 Å². The van der Waals surface area contributed by atoms with Gasteiger partial charge >= 0.3 is 0 Å². The van der Waals surface area contributed by atoms with Crippen LogP contribution in [0.5, 0.6) is 0 Å². The van der Waals surface area contributed by atoms with Gasteiger partial charge in [-0.3, -0.25) is 4.79 Å². The molecule has 0 unspecified atom stereocenters. The largest absolute Gasteiger partial charge is 0.440 e. The average molecular weight is 452 g/mol. The number of amides is 1. The maximum atomic E-state index is 13.3. The molecular weight excluding hydrogens is 422 g/mol. The van der Waals surface area contributed by atoms with Crippen LogP contribution in [0.1, 0.15) is 23.9 Å². The number of oxazole rings is 1. The Hall–Kier alpha value is -3.70. The van der Waals surface area contributed by atoms with Gasteiger partial charge in [-0.1, -0.05) is 91.0 Å². The van der Waals surface area contributed by atoms with E-state index in [0.717, 1.165) is 42.2 Å². The lowest BCUT2D eigenvalue weighted by molar-refractivity contribution is -0.136. The van der Waals surface area contributed by atoms with Crippen molar-refractivity contribution < 1.29 is 9.21 Å². The molecule has 5 nitrogen and oxygen atoms in total. The standard InChI is InChI=1S/C29H29N3O2/c1-31-19-20-32(25(21-31)22-11-5-2-6-12-22)27(33)18-17-26-30-28(23-13-7-3-8-14-23)29(34-26)24-15-9-4-10-16-24/h2-16,25H,17-21H2,1H3/t25-/m1/s1. The first kappa shape index (κ1) is 22.1. The van der Waals surface area contributed by atoms with Crippen molar-refractivity contribution >= 4 is 5.91 Å². The van der Waals surface area contributed by atoms with Crippen LogP contribution in [0, 0.1) is 0 Å². The molecule has 0 saturated carbocycles. The summed E-state index contributed by atoms with van der Waals surface area (Å²) in [6.07, 6.45) is 0.843. The average Bonchev–Trinajstić information content (AvgIpc) is 3.33. The molecule has 5 rings (SSSR count). The molecule has 0 bridgehead atoms. The summed E-state index contributed by atoms with van der Waals surface area (Å²) >= 11 is 0. The fourth-order valence-electron chi connectivity index (χ4n) is 4.58. The van der Waals surface area contributed by atoms with Gasteiger partial charge in [0, 0.05) is 43.6 Å². The second kappa shape index (κ2) is 10.1. The summed E-state index contributed by atoms with van der Waals surface area (Å²) < 4.78 is 6.23. The van der Waals surface area contributed by atoms with Crippen LogP contribution >= 0.6 is 0 Å². The van der Waals surface area contributed by atoms with Gasteiger partial charge in [-0.25, -0.2) is 4.98 Å². The number of likely N-dealkylation sites (N-methyl/N-ethyl adjacent to an activating group) is 1. The summed E-state index contributed by atoms with van der Waals surface area (Å²) in [6, 6.07) is 30.5. The highest BCUT2D eigenvalue weighted by Crippen LogP contribution is 2.33. The summed E-state index contributed by atoms with van der Waals surface area (Å²) in [6.45, 7) is 2.44. The van der Waals surface area contributed by atoms with Crippen LogP contribution in [0.4, 0.5) is 0 Å². The van der Waals surface area contributed by atoms with E-state index in [1.54, 1.807) is 0 Å². The highest BCUT2D eigenvalue weighted by atomic mass is 16.4. The highest BCUT2D eigenvalue weighted by Gasteiger charge is 2.30. The van der Waals surface area contributed by atoms with Crippen molar-refractivity contribution in [3.8, 4) is 22.6 Å². The number of rotatable bonds is 6. The first-order valence-electron chi connectivity index (χ1n) is 11.8. The van der Waals surface area contributed by atoms with Crippen LogP contribution in [0.2, 0.25) is 0 Å². The highest BCUT2D eigenvalue weighted by molar-refractivity contribution is 5.78. The number of benzene rings is 3. The van der Waals surface area contributed by atoms with Crippen molar-refractivity contribution in [3.63, 3.8) is 0 Å². The van der Waals surface area contributed by atoms with Crippen LogP contribution in [0.25, 0.3) is 22.6 Å². The van der Waals surface area contributed by atoms with Gasteiger partial charge in [-0.05, 0) is 12.6 Å². The van der Waals surface area contributed by atoms with E-state index in [4.69, 9.17) is 9.40 Å². The molecule has 0 radical (unpaired) electrons. The molecule has 1 aliphatic rings. The van der Waals surface area contributed by atoms with E-state index in [0.29, 0.717) is 18.7 Å². The molecular formula is C29H29N3O2. The Labute approximate surface area is 200 Å². The lowest BCUT2D eigenvalue weighted by Gasteiger charge is -2.40. The van der Waals surface area contributed by atoms with Crippen LogP contribution < -0.4 is 0 Å². The number of hydrogen-bond donors (Lipinski definition) is 0. The van der Waals surface area contributed by atoms with Crippen molar-refractivity contribution in [3.05, 3.63) is 102 Å². The molecule has 1 amide bonds. The Morgan fingerprint density at radius 3 is 2.18 bits per heavy atom. The van der Waals surface area contributed by atoms with E-state index in [-0.39, 0.29) is 11.9 Å². The van der Waals surface area contributed by atoms with Gasteiger partial charge in [0.15, 0.2) is 11.7 Å². The van der Waals surface area contributed by atoms with Crippen molar-refractivity contribution in [1.29, 1.82) is 0 Å². The van der Waals surface area contributed by atoms with Crippen LogP contribution in [0.15, 0.2) is 95.4 Å². The minimum absolute atomic E-state index is 0.0665. The Morgan fingerprint density at radius 2 is 1.50 bits per heavy atom. The monoisotopic (exact) mass is 451 g/mol. The van der Waals surface area contributed by atoms with Gasteiger partial charge in [-0.15, -0.1) is 0 Å². The van der Waals surface area contributed by atoms with Crippen LogP contribution in [0.3, 0.4) is 0 Å². The van der Waals surface area contributed by atoms with Crippen LogP contribution in [-0.2, 0) is 11.2 Å². The first-order valence-corrected chi connectivity index (χ1v) is 11.8. The summed E-state index contributed by atoms with van der Waals surface area (Å²) in [4.78, 5) is 22.5. The maximum absolute atomic E-state index is 13.3. The smallest absolute Gasteiger partial charge is 0.223 e. The topological polar surface area (TPSA) is 49.6 Å². The van der Waals surface area contributed by atoms with Gasteiger partial charge in [0.25, 0.3) is 0 Å². The number of aryl methyl sites for hydroxylation is 1. The summed E-state index contributed by atoms with van der Waals surface area (Å²) in [5.41, 5.74) is 3.98. The third-order valence-corrected chi connectivity index (χ3v) is 6.40. The number of carbonyl (C=O) groups is 1. The molecule has 1 atom stereocenters. The molecule has 172 valence electrons. The predicted molar refractivity (Wildman–Crippen MR) is 134 cm³/mol. The molecule has 0 spiro atoms. The summed E-state index contributed by atoms with van der Waals surface area (Å²) in [5.74, 6) is 1.48. The second-order valence-corrected chi connectivity index (χ2v) is 8.79. The van der Waals surface area contributed by atoms with E-state index in [2.05, 4.69) is 24.1 Å². The van der Waals surface area contributed by atoms with Gasteiger partial charge in [-0.2, -0.15) is 0 Å². The molecule has 1 aliphatic heterocycles. The molecule has 1 fully saturated rings. The van der Waals surface area contributed by atoms with Crippen molar-refractivity contribution in [1.82, 2.24) is 14.8 Å². The van der Waals surface area contributed by atoms with E-state index in [1.165, 1.54) is 5.56 Å². The van der Waals surface area contributed by atoms with Crippen LogP contribution in [-0.4, -0.2) is 47.4 Å². The molecule has 1 aromatic heterocycles. The molecule has 34 heavy (non-hydrogen) atoms. The van der Waals surface area contributed by atoms with Gasteiger partial charge in [0.05, 0.1) is 6.04 Å². The van der Waals surface area contributed by atoms with Gasteiger partial charge in [0.1, 0.15) is 5.69 Å². The maximum Gasteiger partial charge on any atom is 0.223 e. The van der Waals surface area contributed by atoms with Crippen molar-refractivity contribution in [2.45, 2.75) is 18.9 Å². The minimum atomic E-state index is 0.0665. The molecule has 4 aromatic rings. The third kappa shape index (κ3) is 4.80. The summed E-state index contributed by atoms with van der Waals surface area (Å²) in [7, 11) is 2.11. The van der Waals surface area contributed by atoms with Gasteiger partial charge in [0.2, 0.25) is 5.91 Å². The SMILES string of the molecule is CN1CCN(C(=O)CCc2nc(-c3ccccc3)c(-c3ccccc3)o2)[C@@H](c2ccccc2)C1. The molecule has 0 aliphatic carbocycles. The number of carbonyl (C=O) groups excluding carboxylic acids is 1. The van der Waals surface area contributed by atoms with E-state index >= 15 is 0 Å². The Kier molecular flexibility index (Phi) is 6.54. The third-order valence-electron chi connectivity index (χ3n) is 6.40. The zero-order valence-corrected chi connectivity index (χ0v) is 19.4. The number of hydrogen-bond acceptors (Lipinski definition) is 4. The Balaban J connectivity index is 1.36. The lowest BCUT2D eigenvalue weighted by Crippen LogP contribution is -2.49. The molecule has 5 heteroatoms. The molecule has 2 heterocycles. The van der Waals surface area contributed by atoms with Crippen molar-refractivity contribution in [2.24, 2.45) is 0 Å². The first-order chi connectivity index (χ1) is 16.7. The number of piperazine rings is 1. The fourth-order valence-corrected chi connectivity index (χ4v) is 4.58. The molecule has 3 aromatic carbocycles. The molecule has 1 saturated heterocycles. The number of aromatic nitrogens is 1. The predicted octanol–water partition coefficient (Wildman–Crippen LogP) is 5.46. The normalized spacial score (nSPS) is 16.5. The Bertz CT molecular complexity index is 1170. The zero-order valence-electron chi connectivity index (χ0n) is 19.4. The van der Waals surface area contributed by atoms with E-state index < -0.39 is 0 Å². The second-order valence-electron chi connectivity index (χ2n) is 8.79. The minimum Gasteiger partial charge on any atom is -0.440 e. The summed E-state index contributed by atoms with van der Waals surface area (Å²) in [5, 5.41) is 0. The number of nitrogens with zero attached hydrogens (tertiary/aromatic N) is 3. The molecule has 0 N–H and O–H groups in total. The van der Waals surface area contributed by atoms with E-state index in [9.17, 15) is 4.79 Å². The quantitative estimate of drug-likeness (QED) is 0.391. The van der Waals surface area contributed by atoms with Crippen molar-refractivity contribution in [2.75, 3.05) is 26.7 Å². The lowest BCUT2D eigenvalue weighted by atomic mass is 10.0.